The highest BCUT2D eigenvalue weighted by Crippen LogP contribution is 2.30. The first-order valence-electron chi connectivity index (χ1n) is 10.2. The number of carboxylic acids is 1. The van der Waals surface area contributed by atoms with Crippen LogP contribution in [0, 0.1) is 6.92 Å². The number of aliphatic carboxylic acids is 1. The molecule has 0 saturated heterocycles. The van der Waals surface area contributed by atoms with Gasteiger partial charge in [0.1, 0.15) is 18.0 Å². The number of esters is 1. The third kappa shape index (κ3) is 5.35. The molecule has 3 aromatic heterocycles. The van der Waals surface area contributed by atoms with Gasteiger partial charge in [0.05, 0.1) is 23.3 Å². The second kappa shape index (κ2) is 8.86. The van der Waals surface area contributed by atoms with Crippen LogP contribution in [0.3, 0.4) is 0 Å². The van der Waals surface area contributed by atoms with Crippen LogP contribution in [0.15, 0.2) is 24.7 Å². The molecule has 0 fully saturated rings. The number of Topliss-reactive ketones (excluding diaryl/α,β-unsaturated/α-hetero) is 1. The molecule has 3 rings (SSSR count). The molecule has 0 aliphatic heterocycles. The van der Waals surface area contributed by atoms with E-state index in [1.54, 1.807) is 56.9 Å². The maximum atomic E-state index is 12.5. The van der Waals surface area contributed by atoms with Crippen LogP contribution in [0.25, 0.3) is 22.2 Å². The molecular formula is C23H26N4O5. The number of fused-ring (bicyclic) bond motifs is 1. The summed E-state index contributed by atoms with van der Waals surface area (Å²) in [6.45, 7) is 8.40. The van der Waals surface area contributed by atoms with Gasteiger partial charge in [-0.05, 0) is 40.7 Å². The average molecular weight is 438 g/mol. The molecule has 32 heavy (non-hydrogen) atoms. The van der Waals surface area contributed by atoms with E-state index in [0.29, 0.717) is 39.2 Å². The molecule has 3 aromatic rings. The van der Waals surface area contributed by atoms with E-state index in [9.17, 15) is 19.5 Å². The third-order valence-electron chi connectivity index (χ3n) is 4.68. The van der Waals surface area contributed by atoms with E-state index in [2.05, 4.69) is 15.0 Å². The number of ketones is 1. The minimum Gasteiger partial charge on any atom is -0.481 e. The van der Waals surface area contributed by atoms with E-state index in [1.807, 2.05) is 0 Å². The van der Waals surface area contributed by atoms with Crippen LogP contribution in [0.5, 0.6) is 0 Å². The number of aryl methyl sites for hydroxylation is 2. The fourth-order valence-corrected chi connectivity index (χ4v) is 3.40. The lowest BCUT2D eigenvalue weighted by Crippen LogP contribution is -2.26. The van der Waals surface area contributed by atoms with E-state index in [0.717, 1.165) is 0 Å². The van der Waals surface area contributed by atoms with Gasteiger partial charge in [-0.2, -0.15) is 0 Å². The quantitative estimate of drug-likeness (QED) is 0.440. The van der Waals surface area contributed by atoms with Gasteiger partial charge < -0.3 is 14.4 Å². The number of hydrogen-bond donors (Lipinski definition) is 1. The van der Waals surface area contributed by atoms with Gasteiger partial charge in [0.2, 0.25) is 0 Å². The Balaban J connectivity index is 2.19. The lowest BCUT2D eigenvalue weighted by molar-refractivity contribution is -0.155. The van der Waals surface area contributed by atoms with Crippen LogP contribution < -0.4 is 0 Å². The molecular weight excluding hydrogens is 412 g/mol. The van der Waals surface area contributed by atoms with Crippen molar-refractivity contribution in [2.75, 3.05) is 0 Å². The fourth-order valence-electron chi connectivity index (χ4n) is 3.40. The second-order valence-corrected chi connectivity index (χ2v) is 8.58. The summed E-state index contributed by atoms with van der Waals surface area (Å²) < 4.78 is 7.04. The van der Waals surface area contributed by atoms with Crippen LogP contribution in [0.2, 0.25) is 0 Å². The molecule has 3 heterocycles. The summed E-state index contributed by atoms with van der Waals surface area (Å²) in [6.07, 6.45) is 4.83. The number of carboxylic acid groups (broad SMARTS) is 1. The highest BCUT2D eigenvalue weighted by atomic mass is 16.6. The van der Waals surface area contributed by atoms with E-state index < -0.39 is 17.5 Å². The lowest BCUT2D eigenvalue weighted by Gasteiger charge is -2.20. The summed E-state index contributed by atoms with van der Waals surface area (Å²) in [6, 6.07) is 1.75. The minimum atomic E-state index is -0.971. The molecule has 0 aliphatic rings. The Kier molecular flexibility index (Phi) is 6.38. The molecule has 0 bridgehead atoms. The zero-order chi connectivity index (χ0) is 23.6. The molecule has 0 unspecified atom stereocenters. The standard InChI is InChI=1S/C23H26N4O5/c1-13(28)17-11-27(12-21(31)32-23(3,4)5)22-16(17)8-19(15-9-24-14(2)25-10-15)26-18(22)6-7-20(29)30/h8-11H,6-7,12H2,1-5H3,(H,29,30). The minimum absolute atomic E-state index is 0.127. The molecule has 0 amide bonds. The highest BCUT2D eigenvalue weighted by Gasteiger charge is 2.22. The molecule has 0 atom stereocenters. The van der Waals surface area contributed by atoms with Gasteiger partial charge in [0, 0.05) is 41.5 Å². The molecule has 0 saturated carbocycles. The number of ether oxygens (including phenoxy) is 1. The Bertz CT molecular complexity index is 1190. The number of rotatable bonds is 7. The van der Waals surface area contributed by atoms with Crippen LogP contribution >= 0.6 is 0 Å². The first-order chi connectivity index (χ1) is 14.9. The number of nitrogens with zero attached hydrogens (tertiary/aromatic N) is 4. The van der Waals surface area contributed by atoms with Gasteiger partial charge in [0.25, 0.3) is 0 Å². The van der Waals surface area contributed by atoms with Crippen molar-refractivity contribution in [2.24, 2.45) is 0 Å². The maximum absolute atomic E-state index is 12.5. The number of carbonyl (C=O) groups excluding carboxylic acids is 2. The Morgan fingerprint density at radius 1 is 1.16 bits per heavy atom. The number of aromatic nitrogens is 4. The number of hydrogen-bond acceptors (Lipinski definition) is 7. The van der Waals surface area contributed by atoms with Crippen molar-refractivity contribution in [3.63, 3.8) is 0 Å². The Morgan fingerprint density at radius 3 is 2.38 bits per heavy atom. The second-order valence-electron chi connectivity index (χ2n) is 8.58. The Hall–Kier alpha value is -3.62. The maximum Gasteiger partial charge on any atom is 0.326 e. The van der Waals surface area contributed by atoms with Crippen LogP contribution in [-0.2, 0) is 27.3 Å². The normalized spacial score (nSPS) is 11.5. The van der Waals surface area contributed by atoms with Gasteiger partial charge in [-0.15, -0.1) is 0 Å². The molecule has 168 valence electrons. The average Bonchev–Trinajstić information content (AvgIpc) is 3.03. The summed E-state index contributed by atoms with van der Waals surface area (Å²) in [5.41, 5.74) is 1.93. The van der Waals surface area contributed by atoms with Crippen LogP contribution in [-0.4, -0.2) is 47.9 Å². The first kappa shape index (κ1) is 23.1. The smallest absolute Gasteiger partial charge is 0.326 e. The van der Waals surface area contributed by atoms with Gasteiger partial charge in [-0.3, -0.25) is 19.4 Å². The largest absolute Gasteiger partial charge is 0.481 e. The van der Waals surface area contributed by atoms with E-state index in [4.69, 9.17) is 4.74 Å². The Morgan fingerprint density at radius 2 is 1.81 bits per heavy atom. The summed E-state index contributed by atoms with van der Waals surface area (Å²) in [5.74, 6) is -1.01. The van der Waals surface area contributed by atoms with E-state index in [-0.39, 0.29) is 25.2 Å². The number of pyridine rings is 1. The number of carbonyl (C=O) groups is 3. The van der Waals surface area contributed by atoms with Gasteiger partial charge in [0.15, 0.2) is 5.78 Å². The van der Waals surface area contributed by atoms with E-state index in [1.165, 1.54) is 6.92 Å². The van der Waals surface area contributed by atoms with Crippen molar-refractivity contribution in [3.05, 3.63) is 41.7 Å². The van der Waals surface area contributed by atoms with Crippen LogP contribution in [0.4, 0.5) is 0 Å². The predicted molar refractivity (Wildman–Crippen MR) is 117 cm³/mol. The lowest BCUT2D eigenvalue weighted by atomic mass is 10.1. The SMILES string of the molecule is CC(=O)c1cn(CC(=O)OC(C)(C)C)c2c(CCC(=O)O)nc(-c3cnc(C)nc3)cc12. The van der Waals surface area contributed by atoms with Gasteiger partial charge in [-0.1, -0.05) is 0 Å². The summed E-state index contributed by atoms with van der Waals surface area (Å²) >= 11 is 0. The van der Waals surface area contributed by atoms with Crippen molar-refractivity contribution < 1.29 is 24.2 Å². The zero-order valence-corrected chi connectivity index (χ0v) is 18.8. The van der Waals surface area contributed by atoms with Crippen molar-refractivity contribution in [1.29, 1.82) is 0 Å². The summed E-state index contributed by atoms with van der Waals surface area (Å²) in [7, 11) is 0. The fraction of sp³-hybridized carbons (Fsp3) is 0.391. The summed E-state index contributed by atoms with van der Waals surface area (Å²) in [5, 5.41) is 9.81. The highest BCUT2D eigenvalue weighted by molar-refractivity contribution is 6.08. The zero-order valence-electron chi connectivity index (χ0n) is 18.8. The molecule has 1 N–H and O–H groups in total. The van der Waals surface area contributed by atoms with Gasteiger partial charge >= 0.3 is 11.9 Å². The van der Waals surface area contributed by atoms with Crippen LogP contribution in [0.1, 0.15) is 56.0 Å². The Labute approximate surface area is 185 Å². The van der Waals surface area contributed by atoms with Crippen molar-refractivity contribution in [1.82, 2.24) is 19.5 Å². The molecule has 0 spiro atoms. The van der Waals surface area contributed by atoms with Crippen molar-refractivity contribution in [3.8, 4) is 11.3 Å². The topological polar surface area (TPSA) is 124 Å². The van der Waals surface area contributed by atoms with Crippen molar-refractivity contribution in [2.45, 2.75) is 59.6 Å². The predicted octanol–water partition coefficient (Wildman–Crippen LogP) is 3.36. The molecule has 9 nitrogen and oxygen atoms in total. The molecule has 0 radical (unpaired) electrons. The molecule has 0 aliphatic carbocycles. The van der Waals surface area contributed by atoms with E-state index >= 15 is 0 Å². The van der Waals surface area contributed by atoms with Gasteiger partial charge in [-0.25, -0.2) is 9.97 Å². The molecule has 9 heteroatoms. The first-order valence-corrected chi connectivity index (χ1v) is 10.2. The molecule has 0 aromatic carbocycles. The monoisotopic (exact) mass is 438 g/mol. The third-order valence-corrected chi connectivity index (χ3v) is 4.68. The summed E-state index contributed by atoms with van der Waals surface area (Å²) in [4.78, 5) is 49.2. The van der Waals surface area contributed by atoms with Crippen molar-refractivity contribution >= 4 is 28.6 Å².